The van der Waals surface area contributed by atoms with E-state index >= 15 is 0 Å². The van der Waals surface area contributed by atoms with Crippen LogP contribution < -0.4 is 0 Å². The number of aromatic nitrogens is 4. The van der Waals surface area contributed by atoms with Crippen molar-refractivity contribution in [3.63, 3.8) is 0 Å². The average molecular weight is 979 g/mol. The number of phenols is 4. The molecule has 12 aromatic rings. The zero-order chi connectivity index (χ0) is 48.5. The van der Waals surface area contributed by atoms with Gasteiger partial charge in [0.05, 0.1) is 42.9 Å². The van der Waals surface area contributed by atoms with Gasteiger partial charge < -0.3 is 20.4 Å². The van der Waals surface area contributed by atoms with Crippen LogP contribution in [0.4, 0.5) is 0 Å². The van der Waals surface area contributed by atoms with Crippen LogP contribution in [0.3, 0.4) is 0 Å². The normalized spacial score (nSPS) is 10.6. The highest BCUT2D eigenvalue weighted by atomic mass is 35.5. The van der Waals surface area contributed by atoms with Crippen molar-refractivity contribution in [3.05, 3.63) is 213 Å². The monoisotopic (exact) mass is 976 g/mol. The van der Waals surface area contributed by atoms with Gasteiger partial charge in [0.15, 0.2) is 0 Å². The molecule has 0 atom stereocenters. The van der Waals surface area contributed by atoms with E-state index in [1.807, 2.05) is 27.7 Å². The van der Waals surface area contributed by atoms with E-state index in [-0.39, 0.29) is 43.1 Å². The molecule has 0 bridgehead atoms. The quantitative estimate of drug-likeness (QED) is 0.110. The summed E-state index contributed by atoms with van der Waals surface area (Å²) in [6, 6.07) is 48.4. The van der Waals surface area contributed by atoms with Crippen LogP contribution in [-0.2, 0) is 0 Å². The second-order valence-electron chi connectivity index (χ2n) is 15.7. The third-order valence-electron chi connectivity index (χ3n) is 10.6. The van der Waals surface area contributed by atoms with Crippen LogP contribution >= 0.6 is 46.4 Å². The maximum Gasteiger partial charge on any atom is 0.137 e. The molecule has 0 saturated carbocycles. The van der Waals surface area contributed by atoms with Gasteiger partial charge >= 0.3 is 0 Å². The first-order valence-corrected chi connectivity index (χ1v) is 22.7. The first-order chi connectivity index (χ1) is 32.7. The lowest BCUT2D eigenvalue weighted by atomic mass is 9.95. The molecule has 0 saturated heterocycles. The standard InChI is InChI=1S/2C16H10.2C6H4Cl2O2.2C6H8N2/c2*1-3-11-7-9-13-5-2-6-14-10-8-12(4-1)15(11)16(13)14;2*7-3-1-4(8)6(10)2-5(3)9;2*1-5-3-8-6(2)4-7-5/h2*1-10H;2*1-2,9-10H;2*3-4H,1-2H3. The Bertz CT molecular complexity index is 2970. The number of rotatable bonds is 0. The highest BCUT2D eigenvalue weighted by Gasteiger charge is 2.08. The van der Waals surface area contributed by atoms with Crippen LogP contribution in [0.5, 0.6) is 23.0 Å². The molecule has 0 amide bonds. The van der Waals surface area contributed by atoms with Crippen molar-refractivity contribution < 1.29 is 20.4 Å². The Labute approximate surface area is 413 Å². The molecule has 0 spiro atoms. The van der Waals surface area contributed by atoms with Gasteiger partial charge in [0, 0.05) is 36.9 Å². The van der Waals surface area contributed by atoms with E-state index in [0.29, 0.717) is 0 Å². The summed E-state index contributed by atoms with van der Waals surface area (Å²) >= 11 is 21.8. The summed E-state index contributed by atoms with van der Waals surface area (Å²) in [5.41, 5.74) is 3.87. The van der Waals surface area contributed by atoms with Crippen molar-refractivity contribution in [2.75, 3.05) is 0 Å². The summed E-state index contributed by atoms with van der Waals surface area (Å²) in [6.07, 6.45) is 7.04. The lowest BCUT2D eigenvalue weighted by Gasteiger charge is -2.09. The number of aromatic hydroxyl groups is 4. The van der Waals surface area contributed by atoms with Crippen molar-refractivity contribution in [1.82, 2.24) is 19.9 Å². The van der Waals surface area contributed by atoms with Crippen molar-refractivity contribution in [3.8, 4) is 23.0 Å². The number of nitrogens with zero attached hydrogens (tertiary/aromatic N) is 4. The Morgan fingerprint density at radius 1 is 0.279 bits per heavy atom. The minimum Gasteiger partial charge on any atom is -0.506 e. The smallest absolute Gasteiger partial charge is 0.137 e. The Morgan fingerprint density at radius 2 is 0.456 bits per heavy atom. The molecule has 0 aliphatic rings. The fourth-order valence-electron chi connectivity index (χ4n) is 7.31. The van der Waals surface area contributed by atoms with Gasteiger partial charge in [0.25, 0.3) is 0 Å². The molecule has 12 heteroatoms. The second-order valence-corrected chi connectivity index (χ2v) is 17.3. The molecular weight excluding hydrogens is 934 g/mol. The van der Waals surface area contributed by atoms with Crippen molar-refractivity contribution in [2.24, 2.45) is 0 Å². The summed E-state index contributed by atoms with van der Waals surface area (Å²) in [4.78, 5) is 16.1. The number of phenolic OH excluding ortho intramolecular Hbond substituents is 4. The van der Waals surface area contributed by atoms with E-state index in [4.69, 9.17) is 66.8 Å². The zero-order valence-corrected chi connectivity index (χ0v) is 40.3. The van der Waals surface area contributed by atoms with Crippen LogP contribution in [0.25, 0.3) is 64.6 Å². The number of halogens is 4. The maximum absolute atomic E-state index is 8.87. The summed E-state index contributed by atoms with van der Waals surface area (Å²) in [7, 11) is 0. The fraction of sp³-hybridized carbons (Fsp3) is 0.0714. The van der Waals surface area contributed by atoms with Gasteiger partial charge in [-0.25, -0.2) is 0 Å². The van der Waals surface area contributed by atoms with Gasteiger partial charge in [-0.2, -0.15) is 0 Å². The number of hydrogen-bond donors (Lipinski definition) is 4. The number of aryl methyl sites for hydroxylation is 4. The Hall–Kier alpha value is -7.20. The molecule has 2 heterocycles. The maximum atomic E-state index is 8.87. The summed E-state index contributed by atoms with van der Waals surface area (Å²) in [5, 5.41) is 52.3. The minimum absolute atomic E-state index is 0.128. The fourth-order valence-corrected chi connectivity index (χ4v) is 8.07. The molecule has 340 valence electrons. The van der Waals surface area contributed by atoms with E-state index in [0.717, 1.165) is 34.9 Å². The lowest BCUT2D eigenvalue weighted by molar-refractivity contribution is 0.450. The van der Waals surface area contributed by atoms with Gasteiger partial charge in [-0.3, -0.25) is 19.9 Å². The molecule has 0 radical (unpaired) electrons. The summed E-state index contributed by atoms with van der Waals surface area (Å²) in [5.74, 6) is -0.709. The van der Waals surface area contributed by atoms with Gasteiger partial charge in [-0.15, -0.1) is 0 Å². The molecular formula is C56H44Cl4N4O4. The third-order valence-corrected chi connectivity index (χ3v) is 11.8. The summed E-state index contributed by atoms with van der Waals surface area (Å²) in [6.45, 7) is 7.69. The first-order valence-electron chi connectivity index (χ1n) is 21.2. The van der Waals surface area contributed by atoms with Gasteiger partial charge in [0.2, 0.25) is 0 Å². The van der Waals surface area contributed by atoms with Gasteiger partial charge in [-0.1, -0.05) is 168 Å². The third kappa shape index (κ3) is 11.8. The topological polar surface area (TPSA) is 132 Å². The van der Waals surface area contributed by atoms with Crippen LogP contribution in [0, 0.1) is 27.7 Å². The highest BCUT2D eigenvalue weighted by Crippen LogP contribution is 2.37. The number of benzene rings is 10. The van der Waals surface area contributed by atoms with E-state index in [2.05, 4.69) is 141 Å². The molecule has 0 aliphatic carbocycles. The second kappa shape index (κ2) is 22.1. The van der Waals surface area contributed by atoms with E-state index in [1.165, 1.54) is 76.8 Å². The summed E-state index contributed by atoms with van der Waals surface area (Å²) < 4.78 is 0. The largest absolute Gasteiger partial charge is 0.506 e. The Morgan fingerprint density at radius 3 is 0.603 bits per heavy atom. The molecule has 10 aromatic carbocycles. The Kier molecular flexibility index (Phi) is 15.8. The van der Waals surface area contributed by atoms with Gasteiger partial charge in [-0.05, 0) is 104 Å². The van der Waals surface area contributed by atoms with Gasteiger partial charge in [0.1, 0.15) is 23.0 Å². The lowest BCUT2D eigenvalue weighted by Crippen LogP contribution is -1.84. The SMILES string of the molecule is Cc1cnc(C)cn1.Cc1cnc(C)cn1.Oc1cc(O)c(Cl)cc1Cl.Oc1cc(O)c(Cl)cc1Cl.c1cc2ccc3cccc4ccc(c1)c2c34.c1cc2ccc3cccc4ccc(c1)c2c34. The van der Waals surface area contributed by atoms with Crippen LogP contribution in [0.15, 0.2) is 170 Å². The van der Waals surface area contributed by atoms with E-state index in [9.17, 15) is 0 Å². The van der Waals surface area contributed by atoms with Crippen molar-refractivity contribution in [1.29, 1.82) is 0 Å². The highest BCUT2D eigenvalue weighted by molar-refractivity contribution is 6.37. The molecule has 4 N–H and O–H groups in total. The average Bonchev–Trinajstić information content (AvgIpc) is 3.34. The molecule has 0 unspecified atom stereocenters. The molecule has 2 aromatic heterocycles. The van der Waals surface area contributed by atoms with E-state index < -0.39 is 0 Å². The Balaban J connectivity index is 0.000000124. The van der Waals surface area contributed by atoms with Crippen molar-refractivity contribution in [2.45, 2.75) is 27.7 Å². The predicted octanol–water partition coefficient (Wildman–Crippen LogP) is 16.2. The van der Waals surface area contributed by atoms with Crippen LogP contribution in [-0.4, -0.2) is 40.4 Å². The predicted molar refractivity (Wildman–Crippen MR) is 283 cm³/mol. The van der Waals surface area contributed by atoms with E-state index in [1.54, 1.807) is 24.8 Å². The first kappa shape index (κ1) is 48.7. The van der Waals surface area contributed by atoms with Crippen LogP contribution in [0.1, 0.15) is 22.8 Å². The number of hydrogen-bond acceptors (Lipinski definition) is 8. The molecule has 12 rings (SSSR count). The van der Waals surface area contributed by atoms with Crippen LogP contribution in [0.2, 0.25) is 20.1 Å². The zero-order valence-electron chi connectivity index (χ0n) is 37.3. The molecule has 0 fully saturated rings. The van der Waals surface area contributed by atoms with Crippen molar-refractivity contribution >= 4 is 111 Å². The minimum atomic E-state index is -0.177. The molecule has 68 heavy (non-hydrogen) atoms. The molecule has 8 nitrogen and oxygen atoms in total. The molecule has 0 aliphatic heterocycles.